The number of thioether (sulfide) groups is 1. The summed E-state index contributed by atoms with van der Waals surface area (Å²) in [6, 6.07) is 0. The van der Waals surface area contributed by atoms with Crippen molar-refractivity contribution in [2.75, 3.05) is 17.7 Å². The normalized spacial score (nSPS) is 16.1. The summed E-state index contributed by atoms with van der Waals surface area (Å²) < 4.78 is 0. The van der Waals surface area contributed by atoms with Crippen molar-refractivity contribution in [3.63, 3.8) is 0 Å². The molecular weight excluding hydrogens is 212 g/mol. The average molecular weight is 228 g/mol. The van der Waals surface area contributed by atoms with Crippen molar-refractivity contribution in [1.82, 2.24) is 4.98 Å². The smallest absolute Gasteiger partial charge is 0.109 e. The Morgan fingerprint density at radius 1 is 1.57 bits per heavy atom. The molecule has 0 aliphatic heterocycles. The van der Waals surface area contributed by atoms with Gasteiger partial charge in [-0.2, -0.15) is 11.8 Å². The van der Waals surface area contributed by atoms with Crippen molar-refractivity contribution in [1.29, 1.82) is 0 Å². The zero-order valence-electron chi connectivity index (χ0n) is 8.45. The third-order valence-corrected chi connectivity index (χ3v) is 4.22. The number of aryl methyl sites for hydroxylation is 1. The fraction of sp³-hybridized carbons (Fsp3) is 0.700. The van der Waals surface area contributed by atoms with E-state index in [2.05, 4.69) is 11.2 Å². The molecular formula is C10H16N2S2. The molecule has 0 spiro atoms. The first-order valence-electron chi connectivity index (χ1n) is 5.05. The van der Waals surface area contributed by atoms with Gasteiger partial charge in [0.25, 0.3) is 0 Å². The molecule has 1 saturated carbocycles. The highest BCUT2D eigenvalue weighted by Gasteiger charge is 2.27. The molecule has 2 N–H and O–H groups in total. The Morgan fingerprint density at radius 2 is 2.36 bits per heavy atom. The zero-order valence-corrected chi connectivity index (χ0v) is 10.1. The molecule has 14 heavy (non-hydrogen) atoms. The zero-order chi connectivity index (χ0) is 9.97. The van der Waals surface area contributed by atoms with Crippen LogP contribution in [0, 0.1) is 0 Å². The highest BCUT2D eigenvalue weighted by atomic mass is 32.2. The van der Waals surface area contributed by atoms with E-state index in [-0.39, 0.29) is 0 Å². The molecule has 1 aromatic rings. The van der Waals surface area contributed by atoms with Crippen molar-refractivity contribution in [2.24, 2.45) is 0 Å². The van der Waals surface area contributed by atoms with Crippen LogP contribution in [0.2, 0.25) is 0 Å². The van der Waals surface area contributed by atoms with Crippen LogP contribution in [-0.4, -0.2) is 17.0 Å². The van der Waals surface area contributed by atoms with Crippen LogP contribution >= 0.6 is 23.1 Å². The Labute approximate surface area is 93.3 Å². The predicted octanol–water partition coefficient (Wildman–Crippen LogP) is 2.90. The molecule has 0 atom stereocenters. The topological polar surface area (TPSA) is 38.9 Å². The molecule has 1 aliphatic carbocycles. The quantitative estimate of drug-likeness (QED) is 0.788. The fourth-order valence-corrected chi connectivity index (χ4v) is 2.93. The van der Waals surface area contributed by atoms with Gasteiger partial charge in [0.2, 0.25) is 0 Å². The Hall–Kier alpha value is -0.220. The van der Waals surface area contributed by atoms with Gasteiger partial charge >= 0.3 is 0 Å². The Balaban J connectivity index is 1.94. The minimum Gasteiger partial charge on any atom is -0.389 e. The maximum absolute atomic E-state index is 5.94. The fourth-order valence-electron chi connectivity index (χ4n) is 1.45. The predicted molar refractivity (Wildman–Crippen MR) is 65.2 cm³/mol. The Bertz CT molecular complexity index is 305. The third kappa shape index (κ3) is 2.42. The molecule has 2 nitrogen and oxygen atoms in total. The molecule has 1 aromatic heterocycles. The summed E-state index contributed by atoms with van der Waals surface area (Å²) in [5.41, 5.74) is 7.08. The van der Waals surface area contributed by atoms with Crippen molar-refractivity contribution < 1.29 is 0 Å². The first-order chi connectivity index (χ1) is 6.81. The first kappa shape index (κ1) is 10.3. The van der Waals surface area contributed by atoms with Gasteiger partial charge in [-0.1, -0.05) is 0 Å². The van der Waals surface area contributed by atoms with E-state index in [1.165, 1.54) is 30.0 Å². The van der Waals surface area contributed by atoms with Gasteiger partial charge in [-0.15, -0.1) is 11.3 Å². The highest BCUT2D eigenvalue weighted by Crippen LogP contribution is 2.43. The van der Waals surface area contributed by atoms with Crippen LogP contribution < -0.4 is 5.73 Å². The summed E-state index contributed by atoms with van der Waals surface area (Å²) in [4.78, 5) is 4.63. The van der Waals surface area contributed by atoms with E-state index in [0.717, 1.165) is 23.0 Å². The van der Waals surface area contributed by atoms with E-state index in [1.54, 1.807) is 11.3 Å². The van der Waals surface area contributed by atoms with Crippen LogP contribution in [0.25, 0.3) is 0 Å². The van der Waals surface area contributed by atoms with Crippen molar-refractivity contribution >= 4 is 28.1 Å². The van der Waals surface area contributed by atoms with E-state index in [9.17, 15) is 0 Å². The van der Waals surface area contributed by atoms with Gasteiger partial charge in [0.15, 0.2) is 0 Å². The second-order valence-corrected chi connectivity index (χ2v) is 5.78. The summed E-state index contributed by atoms with van der Waals surface area (Å²) in [5, 5.41) is 2.23. The molecule has 0 radical (unpaired) electrons. The van der Waals surface area contributed by atoms with Crippen LogP contribution in [0.1, 0.15) is 35.9 Å². The lowest BCUT2D eigenvalue weighted by Gasteiger charge is -1.96. The van der Waals surface area contributed by atoms with Crippen LogP contribution in [-0.2, 0) is 6.42 Å². The lowest BCUT2D eigenvalue weighted by Crippen LogP contribution is -1.93. The number of nitrogen functional groups attached to an aromatic ring is 1. The maximum Gasteiger partial charge on any atom is 0.109 e. The Morgan fingerprint density at radius 3 is 3.00 bits per heavy atom. The molecule has 0 unspecified atom stereocenters. The molecule has 0 aromatic carbocycles. The van der Waals surface area contributed by atoms with Gasteiger partial charge in [0.1, 0.15) is 5.00 Å². The molecule has 0 saturated heterocycles. The number of nitrogens with two attached hydrogens (primary N) is 1. The second kappa shape index (κ2) is 4.53. The van der Waals surface area contributed by atoms with E-state index in [1.807, 2.05) is 11.8 Å². The van der Waals surface area contributed by atoms with Gasteiger partial charge in [-0.3, -0.25) is 0 Å². The van der Waals surface area contributed by atoms with Crippen molar-refractivity contribution in [2.45, 2.75) is 31.6 Å². The van der Waals surface area contributed by atoms with Gasteiger partial charge in [-0.05, 0) is 37.7 Å². The summed E-state index contributed by atoms with van der Waals surface area (Å²) in [6.07, 6.45) is 7.02. The summed E-state index contributed by atoms with van der Waals surface area (Å²) >= 11 is 3.59. The number of anilines is 1. The third-order valence-electron chi connectivity index (χ3n) is 2.43. The van der Waals surface area contributed by atoms with Crippen LogP contribution in [0.15, 0.2) is 0 Å². The van der Waals surface area contributed by atoms with E-state index in [0.29, 0.717) is 0 Å². The highest BCUT2D eigenvalue weighted by molar-refractivity contribution is 7.98. The minimum absolute atomic E-state index is 0.747. The van der Waals surface area contributed by atoms with Gasteiger partial charge in [-0.25, -0.2) is 4.98 Å². The standard InChI is InChI=1S/C10H16N2S2/c1-13-6-2-3-8-9(11)14-10(12-8)7-4-5-7/h7H,2-6,11H2,1H3. The van der Waals surface area contributed by atoms with E-state index in [4.69, 9.17) is 5.73 Å². The Kier molecular flexibility index (Phi) is 3.34. The summed E-state index contributed by atoms with van der Waals surface area (Å²) in [6.45, 7) is 0. The molecule has 1 aliphatic rings. The summed E-state index contributed by atoms with van der Waals surface area (Å²) in [5.74, 6) is 1.95. The molecule has 1 heterocycles. The van der Waals surface area contributed by atoms with Gasteiger partial charge in [0.05, 0.1) is 10.7 Å². The van der Waals surface area contributed by atoms with E-state index >= 15 is 0 Å². The van der Waals surface area contributed by atoms with Crippen LogP contribution in [0.3, 0.4) is 0 Å². The first-order valence-corrected chi connectivity index (χ1v) is 7.26. The molecule has 4 heteroatoms. The SMILES string of the molecule is CSCCCc1nc(C2CC2)sc1N. The monoisotopic (exact) mass is 228 g/mol. The van der Waals surface area contributed by atoms with Crippen molar-refractivity contribution in [3.8, 4) is 0 Å². The molecule has 1 fully saturated rings. The van der Waals surface area contributed by atoms with Gasteiger partial charge < -0.3 is 5.73 Å². The number of hydrogen-bond acceptors (Lipinski definition) is 4. The number of aromatic nitrogens is 1. The molecule has 0 amide bonds. The van der Waals surface area contributed by atoms with Crippen LogP contribution in [0.4, 0.5) is 5.00 Å². The average Bonchev–Trinajstić information content (AvgIpc) is 2.94. The van der Waals surface area contributed by atoms with E-state index < -0.39 is 0 Å². The van der Waals surface area contributed by atoms with Crippen molar-refractivity contribution in [3.05, 3.63) is 10.7 Å². The molecule has 78 valence electrons. The minimum atomic E-state index is 0.747. The maximum atomic E-state index is 5.94. The number of thiazole rings is 1. The number of nitrogens with zero attached hydrogens (tertiary/aromatic N) is 1. The largest absolute Gasteiger partial charge is 0.389 e. The number of rotatable bonds is 5. The lowest BCUT2D eigenvalue weighted by molar-refractivity contribution is 0.891. The number of hydrogen-bond donors (Lipinski definition) is 1. The lowest BCUT2D eigenvalue weighted by atomic mass is 10.2. The van der Waals surface area contributed by atoms with Gasteiger partial charge in [0, 0.05) is 5.92 Å². The molecule has 0 bridgehead atoms. The second-order valence-electron chi connectivity index (χ2n) is 3.73. The summed E-state index contributed by atoms with van der Waals surface area (Å²) in [7, 11) is 0. The molecule has 2 rings (SSSR count). The van der Waals surface area contributed by atoms with Crippen LogP contribution in [0.5, 0.6) is 0 Å².